The second-order valence-electron chi connectivity index (χ2n) is 33.4. The molecule has 6 heterocycles. The molecular weight excluding hydrogens is 1490 g/mol. The van der Waals surface area contributed by atoms with Crippen molar-refractivity contribution < 1.29 is 52.6 Å². The molecule has 16 rings (SSSR count). The second kappa shape index (κ2) is 30.0. The first-order valence-corrected chi connectivity index (χ1v) is 43.2. The van der Waals surface area contributed by atoms with Gasteiger partial charge < -0.3 is 28.4 Å². The van der Waals surface area contributed by atoms with Crippen LogP contribution in [0, 0.1) is 6.92 Å². The Hall–Kier alpha value is -11.0. The lowest BCUT2D eigenvalue weighted by atomic mass is 9.77. The summed E-state index contributed by atoms with van der Waals surface area (Å²) in [6, 6.07) is 76.6. The minimum atomic E-state index is -4.59. The molecule has 1 unspecified atom stereocenters. The molecule has 6 aliphatic rings. The standard InChI is InChI=1S/C34H32N2O3S.C32H34N2O6S2.C31H33N2/c1-33(2)27-22-25(40(37,38)39)19-21-28(27)35(5)30(33)16-11-17-31-34(3,4)32-26-15-10-9-12-23(26)18-20-29(32)36(31)24-13-7-6-8-14-24;1-31(2)26-22-24(42(38,39)40)18-19-27(26)33(4)29(31)16-10-17-30-32(3,20-11-21-41(35,36)37)25-14-8-9-15-28(25)34(30)23-12-6-5-7-13-23;1-22-19-20-26-25(21-22)31(4,5)28(32(26)6)17-12-18-29-30(2,3)24-15-10-11-16-27(24)33(29)23-13-8-7-9-14-23/h6-22H,1-5H3;5-10,12-19,22H,11,20-21H2,1-4H3,(H-,35,36,37,38,39,40);7-21H,1-6H3/q;;+1/p-1. The SMILES string of the molecule is C[N+]1=C(C=CC=C2N(c3ccccc3)c3ccc4ccccc4c3C2(C)C)C(C)(C)c2cc(S(=O)(=O)[O-])ccc21.C[N+]1=C(C=CC=C2N(c3ccccc3)c3ccccc3C2(C)CCCS(=O)(=O)[O-])C(C)(C)c2cc(S(=O)(=O)[O-])ccc21.Cc1ccc2c(c1)C(C)(C)C(C=CC=C1N(c3ccccc3)c3ccccc3C1(C)C)=[N+]2C. The van der Waals surface area contributed by atoms with Gasteiger partial charge in [-0.3, -0.25) is 0 Å². The average Bonchev–Trinajstić information content (AvgIpc) is 1.57. The third kappa shape index (κ3) is 14.6. The van der Waals surface area contributed by atoms with Gasteiger partial charge in [-0.15, -0.1) is 0 Å². The summed E-state index contributed by atoms with van der Waals surface area (Å²) in [5.41, 5.74) is 22.3. The zero-order valence-electron chi connectivity index (χ0n) is 67.8. The van der Waals surface area contributed by atoms with E-state index in [1.54, 1.807) is 12.1 Å². The third-order valence-electron chi connectivity index (χ3n) is 24.3. The molecule has 6 aliphatic heterocycles. The fourth-order valence-electron chi connectivity index (χ4n) is 18.4. The van der Waals surface area contributed by atoms with Crippen molar-refractivity contribution in [1.29, 1.82) is 0 Å². The van der Waals surface area contributed by atoms with Crippen LogP contribution in [0.5, 0.6) is 0 Å². The molecule has 0 spiro atoms. The van der Waals surface area contributed by atoms with Crippen molar-refractivity contribution in [3.63, 3.8) is 0 Å². The number of allylic oxidation sites excluding steroid dienone is 12. The highest BCUT2D eigenvalue weighted by atomic mass is 32.2. The van der Waals surface area contributed by atoms with Crippen molar-refractivity contribution in [2.75, 3.05) is 41.6 Å². The first-order valence-electron chi connectivity index (χ1n) is 38.8. The predicted octanol–water partition coefficient (Wildman–Crippen LogP) is 20.4. The molecule has 10 aromatic carbocycles. The summed E-state index contributed by atoms with van der Waals surface area (Å²) in [7, 11) is -7.42. The number of fused-ring (bicyclic) bond motifs is 8. The van der Waals surface area contributed by atoms with Crippen LogP contribution in [0.1, 0.15) is 128 Å². The molecule has 0 N–H and O–H groups in total. The molecule has 0 bridgehead atoms. The maximum Gasteiger partial charge on any atom is 0.209 e. The molecule has 15 nitrogen and oxygen atoms in total. The molecule has 1 atom stereocenters. The largest absolute Gasteiger partial charge is 0.748 e. The van der Waals surface area contributed by atoms with Crippen molar-refractivity contribution in [3.05, 3.63) is 341 Å². The zero-order chi connectivity index (χ0) is 82.3. The Morgan fingerprint density at radius 1 is 0.365 bits per heavy atom. The average molecular weight is 1590 g/mol. The summed E-state index contributed by atoms with van der Waals surface area (Å²) < 4.78 is 111. The van der Waals surface area contributed by atoms with Crippen LogP contribution in [0.4, 0.5) is 51.2 Å². The Morgan fingerprint density at radius 2 is 0.739 bits per heavy atom. The smallest absolute Gasteiger partial charge is 0.209 e. The monoisotopic (exact) mass is 1590 g/mol. The van der Waals surface area contributed by atoms with Crippen LogP contribution in [0.3, 0.4) is 0 Å². The zero-order valence-corrected chi connectivity index (χ0v) is 70.3. The van der Waals surface area contributed by atoms with Crippen LogP contribution < -0.4 is 14.7 Å². The Bertz CT molecular complexity index is 6270. The third-order valence-corrected chi connectivity index (χ3v) is 26.8. The number of anilines is 6. The molecule has 0 radical (unpaired) electrons. The molecule has 588 valence electrons. The minimum absolute atomic E-state index is 0.0294. The summed E-state index contributed by atoms with van der Waals surface area (Å²) in [5, 5.41) is 2.48. The van der Waals surface area contributed by atoms with Crippen LogP contribution in [0.25, 0.3) is 10.8 Å². The van der Waals surface area contributed by atoms with Crippen molar-refractivity contribution in [3.8, 4) is 0 Å². The lowest BCUT2D eigenvalue weighted by molar-refractivity contribution is -0.401. The van der Waals surface area contributed by atoms with Crippen LogP contribution in [-0.2, 0) is 62.8 Å². The summed E-state index contributed by atoms with van der Waals surface area (Å²) in [6.45, 7) is 26.2. The van der Waals surface area contributed by atoms with Gasteiger partial charge in [-0.1, -0.05) is 179 Å². The Labute approximate surface area is 678 Å². The highest BCUT2D eigenvalue weighted by Gasteiger charge is 2.49. The van der Waals surface area contributed by atoms with Gasteiger partial charge in [0.05, 0.1) is 41.8 Å². The van der Waals surface area contributed by atoms with Gasteiger partial charge in [0, 0.05) is 121 Å². The van der Waals surface area contributed by atoms with Crippen LogP contribution >= 0.6 is 0 Å². The Kier molecular flexibility index (Phi) is 21.1. The van der Waals surface area contributed by atoms with E-state index >= 15 is 0 Å². The fourth-order valence-corrected chi connectivity index (χ4v) is 19.9. The van der Waals surface area contributed by atoms with E-state index in [4.69, 9.17) is 0 Å². The number of aryl methyl sites for hydroxylation is 1. The van der Waals surface area contributed by atoms with Gasteiger partial charge in [0.15, 0.2) is 17.1 Å². The first kappa shape index (κ1) is 80.6. The highest BCUT2D eigenvalue weighted by Crippen LogP contribution is 2.57. The summed E-state index contributed by atoms with van der Waals surface area (Å²) in [5.74, 6) is -0.435. The van der Waals surface area contributed by atoms with E-state index in [0.29, 0.717) is 6.42 Å². The molecule has 0 saturated carbocycles. The summed E-state index contributed by atoms with van der Waals surface area (Å²) in [4.78, 5) is 6.47. The van der Waals surface area contributed by atoms with Crippen LogP contribution in [0.2, 0.25) is 0 Å². The van der Waals surface area contributed by atoms with Crippen molar-refractivity contribution in [2.45, 2.75) is 138 Å². The molecule has 10 aromatic rings. The summed E-state index contributed by atoms with van der Waals surface area (Å²) >= 11 is 0. The van der Waals surface area contributed by atoms with Crippen molar-refractivity contribution >= 4 is 109 Å². The van der Waals surface area contributed by atoms with Gasteiger partial charge in [0.2, 0.25) is 17.1 Å². The minimum Gasteiger partial charge on any atom is -0.748 e. The maximum absolute atomic E-state index is 11.7. The number of rotatable bonds is 15. The second-order valence-corrected chi connectivity index (χ2v) is 37.7. The Balaban J connectivity index is 0.000000143. The van der Waals surface area contributed by atoms with E-state index in [-0.39, 0.29) is 32.5 Å². The van der Waals surface area contributed by atoms with E-state index in [0.717, 1.165) is 67.9 Å². The predicted molar refractivity (Wildman–Crippen MR) is 463 cm³/mol. The van der Waals surface area contributed by atoms with Gasteiger partial charge in [0.25, 0.3) is 0 Å². The highest BCUT2D eigenvalue weighted by molar-refractivity contribution is 7.86. The van der Waals surface area contributed by atoms with Gasteiger partial charge in [0.1, 0.15) is 41.4 Å². The number of para-hydroxylation sites is 5. The lowest BCUT2D eigenvalue weighted by Crippen LogP contribution is -2.27. The van der Waals surface area contributed by atoms with E-state index in [2.05, 4.69) is 270 Å². The van der Waals surface area contributed by atoms with E-state index in [9.17, 15) is 38.9 Å². The van der Waals surface area contributed by atoms with Gasteiger partial charge in [-0.25, -0.2) is 25.3 Å². The number of hydrogen-bond acceptors (Lipinski definition) is 12. The van der Waals surface area contributed by atoms with Gasteiger partial charge in [-0.2, -0.15) is 13.7 Å². The van der Waals surface area contributed by atoms with E-state index in [1.807, 2.05) is 111 Å². The lowest BCUT2D eigenvalue weighted by Gasteiger charge is -2.30. The molecule has 0 saturated heterocycles. The van der Waals surface area contributed by atoms with E-state index < -0.39 is 52.4 Å². The quantitative estimate of drug-likeness (QED) is 0.0698. The number of nitrogens with zero attached hydrogens (tertiary/aromatic N) is 6. The van der Waals surface area contributed by atoms with Crippen molar-refractivity contribution in [1.82, 2.24) is 0 Å². The molecule has 18 heteroatoms. The van der Waals surface area contributed by atoms with Crippen LogP contribution in [-0.4, -0.2) is 96.7 Å². The molecule has 0 fully saturated rings. The first-order chi connectivity index (χ1) is 54.3. The van der Waals surface area contributed by atoms with Crippen LogP contribution in [0.15, 0.2) is 312 Å². The molecule has 0 amide bonds. The topological polar surface area (TPSA) is 190 Å². The van der Waals surface area contributed by atoms with Crippen molar-refractivity contribution in [2.24, 2.45) is 0 Å². The Morgan fingerprint density at radius 3 is 1.20 bits per heavy atom. The van der Waals surface area contributed by atoms with Gasteiger partial charge >= 0.3 is 0 Å². The molecule has 0 aliphatic carbocycles. The fraction of sp³-hybridized carbons (Fsp3) is 0.247. The number of hydrogen-bond donors (Lipinski definition) is 0. The molecule has 0 aromatic heterocycles. The van der Waals surface area contributed by atoms with E-state index in [1.165, 1.54) is 91.4 Å². The molecular formula is C97H98N6O9S3. The summed E-state index contributed by atoms with van der Waals surface area (Å²) in [6.07, 6.45) is 19.8. The number of benzene rings is 10. The maximum atomic E-state index is 11.7. The normalized spacial score (nSPS) is 19.7. The van der Waals surface area contributed by atoms with Gasteiger partial charge in [-0.05, 0) is 199 Å². The molecule has 115 heavy (non-hydrogen) atoms.